The van der Waals surface area contributed by atoms with Crippen molar-refractivity contribution in [3.05, 3.63) is 47.5 Å². The third-order valence-corrected chi connectivity index (χ3v) is 3.90. The van der Waals surface area contributed by atoms with Gasteiger partial charge in [0.1, 0.15) is 0 Å². The molecule has 0 amide bonds. The molecular formula is C13H13N3S2. The molecule has 3 rings (SSSR count). The molecule has 1 aliphatic carbocycles. The SMILES string of the molecule is S=C(Nc1nccs1)NC1CC1c1ccccc1. The minimum Gasteiger partial charge on any atom is -0.359 e. The Hall–Kier alpha value is -1.46. The van der Waals surface area contributed by atoms with Crippen LogP contribution in [0.4, 0.5) is 5.13 Å². The van der Waals surface area contributed by atoms with Crippen molar-refractivity contribution in [3.8, 4) is 0 Å². The van der Waals surface area contributed by atoms with E-state index in [-0.39, 0.29) is 0 Å². The van der Waals surface area contributed by atoms with Gasteiger partial charge in [0, 0.05) is 23.5 Å². The summed E-state index contributed by atoms with van der Waals surface area (Å²) < 4.78 is 0. The van der Waals surface area contributed by atoms with E-state index in [1.54, 1.807) is 17.5 Å². The number of hydrogen-bond acceptors (Lipinski definition) is 3. The van der Waals surface area contributed by atoms with E-state index in [9.17, 15) is 0 Å². The summed E-state index contributed by atoms with van der Waals surface area (Å²) in [5, 5.41) is 9.84. The summed E-state index contributed by atoms with van der Waals surface area (Å²) >= 11 is 6.81. The summed E-state index contributed by atoms with van der Waals surface area (Å²) in [6, 6.07) is 11.0. The molecule has 92 valence electrons. The van der Waals surface area contributed by atoms with E-state index in [0.717, 1.165) is 11.6 Å². The molecule has 1 aromatic heterocycles. The van der Waals surface area contributed by atoms with Crippen LogP contribution in [0.1, 0.15) is 17.9 Å². The van der Waals surface area contributed by atoms with Crippen LogP contribution in [0.3, 0.4) is 0 Å². The van der Waals surface area contributed by atoms with Gasteiger partial charge in [-0.05, 0) is 24.2 Å². The van der Waals surface area contributed by atoms with Crippen LogP contribution in [0.15, 0.2) is 41.9 Å². The van der Waals surface area contributed by atoms with Crippen LogP contribution < -0.4 is 10.6 Å². The van der Waals surface area contributed by atoms with E-state index in [1.165, 1.54) is 5.56 Å². The summed E-state index contributed by atoms with van der Waals surface area (Å²) in [5.41, 5.74) is 1.38. The highest BCUT2D eigenvalue weighted by Gasteiger charge is 2.38. The largest absolute Gasteiger partial charge is 0.359 e. The third-order valence-electron chi connectivity index (χ3n) is 2.99. The zero-order chi connectivity index (χ0) is 12.4. The van der Waals surface area contributed by atoms with Gasteiger partial charge < -0.3 is 10.6 Å². The second kappa shape index (κ2) is 5.04. The molecule has 0 radical (unpaired) electrons. The first kappa shape index (κ1) is 11.6. The van der Waals surface area contributed by atoms with Gasteiger partial charge in [-0.1, -0.05) is 30.3 Å². The number of anilines is 1. The van der Waals surface area contributed by atoms with Crippen molar-refractivity contribution in [2.75, 3.05) is 5.32 Å². The van der Waals surface area contributed by atoms with Gasteiger partial charge in [0.15, 0.2) is 10.2 Å². The van der Waals surface area contributed by atoms with Gasteiger partial charge in [0.05, 0.1) is 0 Å². The van der Waals surface area contributed by atoms with Gasteiger partial charge >= 0.3 is 0 Å². The predicted molar refractivity (Wildman–Crippen MR) is 79.1 cm³/mol. The first-order chi connectivity index (χ1) is 8.83. The molecule has 2 aromatic rings. The van der Waals surface area contributed by atoms with Crippen LogP contribution in [0, 0.1) is 0 Å². The topological polar surface area (TPSA) is 37.0 Å². The molecule has 0 bridgehead atoms. The Morgan fingerprint density at radius 1 is 1.33 bits per heavy atom. The maximum atomic E-state index is 5.27. The highest BCUT2D eigenvalue weighted by molar-refractivity contribution is 7.80. The van der Waals surface area contributed by atoms with E-state index in [4.69, 9.17) is 12.2 Å². The average Bonchev–Trinajstić information content (AvgIpc) is 2.95. The average molecular weight is 275 g/mol. The first-order valence-electron chi connectivity index (χ1n) is 5.85. The second-order valence-electron chi connectivity index (χ2n) is 4.30. The fraction of sp³-hybridized carbons (Fsp3) is 0.231. The normalized spacial score (nSPS) is 21.3. The Kier molecular flexibility index (Phi) is 3.25. The first-order valence-corrected chi connectivity index (χ1v) is 7.13. The monoisotopic (exact) mass is 275 g/mol. The van der Waals surface area contributed by atoms with Gasteiger partial charge in [-0.3, -0.25) is 0 Å². The summed E-state index contributed by atoms with van der Waals surface area (Å²) in [7, 11) is 0. The third kappa shape index (κ3) is 2.68. The van der Waals surface area contributed by atoms with E-state index in [1.807, 2.05) is 11.4 Å². The maximum Gasteiger partial charge on any atom is 0.188 e. The van der Waals surface area contributed by atoms with E-state index in [2.05, 4.69) is 39.9 Å². The van der Waals surface area contributed by atoms with Gasteiger partial charge in [0.2, 0.25) is 0 Å². The van der Waals surface area contributed by atoms with Crippen molar-refractivity contribution in [2.24, 2.45) is 0 Å². The van der Waals surface area contributed by atoms with Gasteiger partial charge in [-0.25, -0.2) is 4.98 Å². The highest BCUT2D eigenvalue weighted by atomic mass is 32.1. The Labute approximate surface area is 115 Å². The number of benzene rings is 1. The van der Waals surface area contributed by atoms with Crippen molar-refractivity contribution < 1.29 is 0 Å². The lowest BCUT2D eigenvalue weighted by Gasteiger charge is -2.07. The van der Waals surface area contributed by atoms with Crippen LogP contribution in [0.5, 0.6) is 0 Å². The molecule has 1 saturated carbocycles. The summed E-state index contributed by atoms with van der Waals surface area (Å²) in [4.78, 5) is 4.14. The molecule has 2 unspecified atom stereocenters. The van der Waals surface area contributed by atoms with Crippen molar-refractivity contribution in [1.29, 1.82) is 0 Å². The Morgan fingerprint density at radius 3 is 2.89 bits per heavy atom. The second-order valence-corrected chi connectivity index (χ2v) is 5.60. The zero-order valence-corrected chi connectivity index (χ0v) is 11.3. The van der Waals surface area contributed by atoms with Gasteiger partial charge in [-0.15, -0.1) is 11.3 Å². The molecule has 1 heterocycles. The van der Waals surface area contributed by atoms with E-state index < -0.39 is 0 Å². The lowest BCUT2D eigenvalue weighted by atomic mass is 10.1. The van der Waals surface area contributed by atoms with Crippen molar-refractivity contribution in [3.63, 3.8) is 0 Å². The molecule has 5 heteroatoms. The molecular weight excluding hydrogens is 262 g/mol. The number of hydrogen-bond donors (Lipinski definition) is 2. The number of nitrogens with one attached hydrogen (secondary N) is 2. The summed E-state index contributed by atoms with van der Waals surface area (Å²) in [6.07, 6.45) is 2.91. The smallest absolute Gasteiger partial charge is 0.188 e. The molecule has 0 aliphatic heterocycles. The van der Waals surface area contributed by atoms with Crippen LogP contribution in [-0.4, -0.2) is 16.1 Å². The molecule has 3 nitrogen and oxygen atoms in total. The number of rotatable bonds is 3. The van der Waals surface area contributed by atoms with Crippen LogP contribution in [0.2, 0.25) is 0 Å². The fourth-order valence-corrected chi connectivity index (χ4v) is 2.86. The fourth-order valence-electron chi connectivity index (χ4n) is 2.01. The van der Waals surface area contributed by atoms with E-state index >= 15 is 0 Å². The number of thiocarbonyl (C=S) groups is 1. The van der Waals surface area contributed by atoms with Crippen LogP contribution in [-0.2, 0) is 0 Å². The Bertz CT molecular complexity index is 524. The predicted octanol–water partition coefficient (Wildman–Crippen LogP) is 2.99. The summed E-state index contributed by atoms with van der Waals surface area (Å²) in [5.74, 6) is 0.585. The van der Waals surface area contributed by atoms with Crippen LogP contribution in [0.25, 0.3) is 0 Å². The van der Waals surface area contributed by atoms with Crippen molar-refractivity contribution in [2.45, 2.75) is 18.4 Å². The van der Waals surface area contributed by atoms with Crippen LogP contribution >= 0.6 is 23.6 Å². The molecule has 1 fully saturated rings. The minimum atomic E-state index is 0.451. The van der Waals surface area contributed by atoms with Gasteiger partial charge in [-0.2, -0.15) is 0 Å². The molecule has 0 spiro atoms. The minimum absolute atomic E-state index is 0.451. The molecule has 0 saturated heterocycles. The lowest BCUT2D eigenvalue weighted by Crippen LogP contribution is -2.30. The van der Waals surface area contributed by atoms with Gasteiger partial charge in [0.25, 0.3) is 0 Å². The molecule has 18 heavy (non-hydrogen) atoms. The number of nitrogens with zero attached hydrogens (tertiary/aromatic N) is 1. The number of aromatic nitrogens is 1. The lowest BCUT2D eigenvalue weighted by molar-refractivity contribution is 0.877. The zero-order valence-electron chi connectivity index (χ0n) is 9.67. The molecule has 1 aromatic carbocycles. The van der Waals surface area contributed by atoms with Crippen molar-refractivity contribution >= 4 is 33.8 Å². The molecule has 2 N–H and O–H groups in total. The molecule has 2 atom stereocenters. The summed E-state index contributed by atoms with van der Waals surface area (Å²) in [6.45, 7) is 0. The Balaban J connectivity index is 1.52. The quantitative estimate of drug-likeness (QED) is 0.844. The van der Waals surface area contributed by atoms with E-state index in [0.29, 0.717) is 17.1 Å². The maximum absolute atomic E-state index is 5.27. The number of thiazole rings is 1. The highest BCUT2D eigenvalue weighted by Crippen LogP contribution is 2.40. The Morgan fingerprint density at radius 2 is 2.17 bits per heavy atom. The molecule has 1 aliphatic rings. The standard InChI is InChI=1S/C13H13N3S2/c17-12(16-13-14-6-7-18-13)15-11-8-10(11)9-4-2-1-3-5-9/h1-7,10-11H,8H2,(H2,14,15,16,17). The van der Waals surface area contributed by atoms with Crippen molar-refractivity contribution in [1.82, 2.24) is 10.3 Å².